The van der Waals surface area contributed by atoms with Crippen molar-refractivity contribution in [1.29, 1.82) is 0 Å². The molecular weight excluding hydrogens is 319 g/mol. The smallest absolute Gasteiger partial charge is 0.480 e. The molecule has 0 saturated heterocycles. The standard InChI is InChI=1S/C13H22N2O6.K/c16-10(14-8-12(18)19)6-4-2-1-3-5-7-11(17)15-9-13(20)21;/h1-9H2,(H,14,16)(H,15,17)(H,18,19)(H,20,21);/q;+1. The predicted octanol–water partition coefficient (Wildman–Crippen LogP) is -2.88. The van der Waals surface area contributed by atoms with Gasteiger partial charge in [0.2, 0.25) is 11.8 Å². The minimum atomic E-state index is -1.07. The van der Waals surface area contributed by atoms with E-state index in [0.29, 0.717) is 25.7 Å². The van der Waals surface area contributed by atoms with Crippen LogP contribution >= 0.6 is 0 Å². The van der Waals surface area contributed by atoms with E-state index >= 15 is 0 Å². The van der Waals surface area contributed by atoms with Gasteiger partial charge in [-0.2, -0.15) is 0 Å². The summed E-state index contributed by atoms with van der Waals surface area (Å²) in [5.41, 5.74) is 0. The number of carbonyl (C=O) groups excluding carboxylic acids is 2. The summed E-state index contributed by atoms with van der Waals surface area (Å²) in [6, 6.07) is 0. The molecule has 0 heterocycles. The van der Waals surface area contributed by atoms with Crippen LogP contribution in [0.3, 0.4) is 0 Å². The van der Waals surface area contributed by atoms with Crippen molar-refractivity contribution in [3.63, 3.8) is 0 Å². The van der Waals surface area contributed by atoms with E-state index in [-0.39, 0.29) is 76.3 Å². The third kappa shape index (κ3) is 17.6. The van der Waals surface area contributed by atoms with E-state index in [1.54, 1.807) is 0 Å². The molecule has 2 amide bonds. The Balaban J connectivity index is 0. The number of hydrogen-bond acceptors (Lipinski definition) is 4. The maximum atomic E-state index is 11.2. The van der Waals surface area contributed by atoms with Crippen LogP contribution in [0, 0.1) is 0 Å². The van der Waals surface area contributed by atoms with Gasteiger partial charge in [-0.15, -0.1) is 0 Å². The summed E-state index contributed by atoms with van der Waals surface area (Å²) in [7, 11) is 0. The molecule has 0 saturated carbocycles. The molecule has 0 atom stereocenters. The van der Waals surface area contributed by atoms with Gasteiger partial charge in [-0.1, -0.05) is 19.3 Å². The Morgan fingerprint density at radius 1 is 0.636 bits per heavy atom. The van der Waals surface area contributed by atoms with Crippen molar-refractivity contribution in [2.45, 2.75) is 44.9 Å². The summed E-state index contributed by atoms with van der Waals surface area (Å²) in [5.74, 6) is -2.68. The molecule has 0 aliphatic rings. The molecule has 0 aromatic rings. The molecule has 0 aliphatic heterocycles. The van der Waals surface area contributed by atoms with E-state index in [1.807, 2.05) is 0 Å². The molecule has 0 aromatic heterocycles. The zero-order valence-corrected chi connectivity index (χ0v) is 16.0. The van der Waals surface area contributed by atoms with Gasteiger partial charge in [-0.25, -0.2) is 0 Å². The molecule has 22 heavy (non-hydrogen) atoms. The Labute approximate surface area is 171 Å². The molecular formula is C13H22KN2O6+. The molecule has 0 aromatic carbocycles. The Kier molecular flexibility index (Phi) is 16.7. The van der Waals surface area contributed by atoms with Crippen LogP contribution in [0.2, 0.25) is 0 Å². The van der Waals surface area contributed by atoms with Crippen molar-refractivity contribution >= 4 is 23.8 Å². The Hall–Kier alpha value is -0.484. The second-order valence-corrected chi connectivity index (χ2v) is 4.61. The van der Waals surface area contributed by atoms with Crippen molar-refractivity contribution in [2.75, 3.05) is 13.1 Å². The molecule has 0 radical (unpaired) electrons. The van der Waals surface area contributed by atoms with E-state index in [2.05, 4.69) is 10.6 Å². The number of carboxylic acids is 2. The minimum absolute atomic E-state index is 0. The van der Waals surface area contributed by atoms with Gasteiger partial charge in [-0.05, 0) is 12.8 Å². The van der Waals surface area contributed by atoms with Gasteiger partial charge < -0.3 is 20.8 Å². The van der Waals surface area contributed by atoms with Crippen LogP contribution in [0.5, 0.6) is 0 Å². The fourth-order valence-corrected chi connectivity index (χ4v) is 1.63. The summed E-state index contributed by atoms with van der Waals surface area (Å²) in [6.07, 6.45) is 4.49. The molecule has 0 aliphatic carbocycles. The first-order valence-corrected chi connectivity index (χ1v) is 6.89. The van der Waals surface area contributed by atoms with Crippen molar-refractivity contribution in [3.05, 3.63) is 0 Å². The van der Waals surface area contributed by atoms with Crippen LogP contribution in [0.1, 0.15) is 44.9 Å². The number of amides is 2. The monoisotopic (exact) mass is 341 g/mol. The summed E-state index contributed by atoms with van der Waals surface area (Å²) < 4.78 is 0. The quantitative estimate of drug-likeness (QED) is 0.223. The third-order valence-electron chi connectivity index (χ3n) is 2.68. The molecule has 120 valence electrons. The van der Waals surface area contributed by atoms with Crippen molar-refractivity contribution in [3.8, 4) is 0 Å². The topological polar surface area (TPSA) is 133 Å². The molecule has 0 spiro atoms. The molecule has 0 bridgehead atoms. The van der Waals surface area contributed by atoms with Gasteiger partial charge in [-0.3, -0.25) is 19.2 Å². The molecule has 0 unspecified atom stereocenters. The summed E-state index contributed by atoms with van der Waals surface area (Å²) in [6.45, 7) is -0.714. The third-order valence-corrected chi connectivity index (χ3v) is 2.68. The largest absolute Gasteiger partial charge is 1.00 e. The molecule has 9 heteroatoms. The first-order valence-electron chi connectivity index (χ1n) is 6.89. The van der Waals surface area contributed by atoms with Crippen molar-refractivity contribution in [1.82, 2.24) is 10.6 Å². The fourth-order valence-electron chi connectivity index (χ4n) is 1.63. The Morgan fingerprint density at radius 2 is 0.955 bits per heavy atom. The van der Waals surface area contributed by atoms with Gasteiger partial charge in [0.15, 0.2) is 0 Å². The van der Waals surface area contributed by atoms with Crippen LogP contribution < -0.4 is 62.0 Å². The Morgan fingerprint density at radius 3 is 1.27 bits per heavy atom. The molecule has 0 fully saturated rings. The second kappa shape index (κ2) is 15.4. The van der Waals surface area contributed by atoms with Crippen LogP contribution in [0.15, 0.2) is 0 Å². The first kappa shape index (κ1) is 23.8. The number of carbonyl (C=O) groups is 4. The maximum absolute atomic E-state index is 11.2. The SMILES string of the molecule is O=C(O)CNC(=O)CCCCCCCC(=O)NCC(=O)O.[K+]. The summed E-state index contributed by atoms with van der Waals surface area (Å²) >= 11 is 0. The zero-order valence-electron chi connectivity index (χ0n) is 12.9. The minimum Gasteiger partial charge on any atom is -0.480 e. The summed E-state index contributed by atoms with van der Waals surface area (Å²) in [4.78, 5) is 42.8. The van der Waals surface area contributed by atoms with Gasteiger partial charge in [0.25, 0.3) is 0 Å². The van der Waals surface area contributed by atoms with Crippen molar-refractivity contribution < 1.29 is 80.8 Å². The van der Waals surface area contributed by atoms with E-state index in [9.17, 15) is 19.2 Å². The number of carboxylic acid groups (broad SMARTS) is 2. The number of hydrogen-bond donors (Lipinski definition) is 4. The van der Waals surface area contributed by atoms with E-state index in [0.717, 1.165) is 19.3 Å². The van der Waals surface area contributed by atoms with Gasteiger partial charge in [0.1, 0.15) is 13.1 Å². The molecule has 8 nitrogen and oxygen atoms in total. The van der Waals surface area contributed by atoms with Gasteiger partial charge in [0, 0.05) is 12.8 Å². The van der Waals surface area contributed by atoms with Gasteiger partial charge in [0.05, 0.1) is 0 Å². The number of rotatable bonds is 12. The van der Waals surface area contributed by atoms with E-state index < -0.39 is 11.9 Å². The van der Waals surface area contributed by atoms with Crippen molar-refractivity contribution in [2.24, 2.45) is 0 Å². The van der Waals surface area contributed by atoms with Crippen LogP contribution in [-0.2, 0) is 19.2 Å². The second-order valence-electron chi connectivity index (χ2n) is 4.61. The van der Waals surface area contributed by atoms with E-state index in [1.165, 1.54) is 0 Å². The van der Waals surface area contributed by atoms with Gasteiger partial charge >= 0.3 is 63.3 Å². The maximum Gasteiger partial charge on any atom is 1.00 e. The van der Waals surface area contributed by atoms with Crippen LogP contribution in [0.25, 0.3) is 0 Å². The first-order chi connectivity index (χ1) is 9.91. The average Bonchev–Trinajstić information content (AvgIpc) is 2.41. The number of aliphatic carboxylic acids is 2. The van der Waals surface area contributed by atoms with Crippen LogP contribution in [-0.4, -0.2) is 47.1 Å². The normalized spacial score (nSPS) is 9.45. The number of unbranched alkanes of at least 4 members (excludes halogenated alkanes) is 4. The van der Waals surface area contributed by atoms with E-state index in [4.69, 9.17) is 10.2 Å². The fraction of sp³-hybridized carbons (Fsp3) is 0.692. The average molecular weight is 341 g/mol. The predicted molar refractivity (Wildman–Crippen MR) is 73.6 cm³/mol. The summed E-state index contributed by atoms with van der Waals surface area (Å²) in [5, 5.41) is 21.3. The molecule has 0 rings (SSSR count). The Bertz CT molecular complexity index is 342. The number of nitrogens with one attached hydrogen (secondary N) is 2. The van der Waals surface area contributed by atoms with Crippen LogP contribution in [0.4, 0.5) is 0 Å². The molecule has 4 N–H and O–H groups in total. The zero-order chi connectivity index (χ0) is 16.1.